The molecule has 0 radical (unpaired) electrons. The van der Waals surface area contributed by atoms with Crippen LogP contribution in [0.15, 0.2) is 48.5 Å². The number of para-hydroxylation sites is 1. The van der Waals surface area contributed by atoms with E-state index in [4.69, 9.17) is 10.7 Å². The third kappa shape index (κ3) is 11.0. The lowest BCUT2D eigenvalue weighted by Crippen LogP contribution is -2.61. The molecule has 61 heavy (non-hydrogen) atoms. The zero-order valence-electron chi connectivity index (χ0n) is 36.4. The van der Waals surface area contributed by atoms with E-state index in [0.717, 1.165) is 60.7 Å². The number of aromatic nitrogens is 2. The molecule has 2 saturated heterocycles. The largest absolute Gasteiger partial charge is 0.345 e. The summed E-state index contributed by atoms with van der Waals surface area (Å²) in [5, 5.41) is 11.3. The Hall–Kier alpha value is -5.31. The maximum absolute atomic E-state index is 14.6. The second kappa shape index (κ2) is 20.5. The number of hydrogen-bond donors (Lipinski definition) is 6. The topological polar surface area (TPSA) is 212 Å². The molecule has 0 spiro atoms. The third-order valence-corrected chi connectivity index (χ3v) is 12.5. The molecule has 3 heterocycles. The number of amides is 6. The molecule has 330 valence electrons. The number of nitrogens with one attached hydrogen (secondary N) is 5. The molecule has 0 bridgehead atoms. The Morgan fingerprint density at radius 2 is 1.43 bits per heavy atom. The molecule has 15 heteroatoms. The van der Waals surface area contributed by atoms with Crippen LogP contribution in [-0.2, 0) is 28.8 Å². The Kier molecular flexibility index (Phi) is 15.2. The summed E-state index contributed by atoms with van der Waals surface area (Å²) >= 11 is 0. The molecule has 1 aromatic heterocycles. The summed E-state index contributed by atoms with van der Waals surface area (Å²) in [4.78, 5) is 93.8. The van der Waals surface area contributed by atoms with Gasteiger partial charge in [0.25, 0.3) is 0 Å². The lowest BCUT2D eigenvalue weighted by atomic mass is 9.96. The van der Waals surface area contributed by atoms with Crippen LogP contribution >= 0.6 is 0 Å². The Morgan fingerprint density at radius 1 is 0.754 bits per heavy atom. The van der Waals surface area contributed by atoms with Gasteiger partial charge in [0.15, 0.2) is 0 Å². The van der Waals surface area contributed by atoms with Crippen molar-refractivity contribution in [1.29, 1.82) is 0 Å². The number of carbonyl (C=O) groups is 6. The summed E-state index contributed by atoms with van der Waals surface area (Å²) in [5.41, 5.74) is 9.90. The fourth-order valence-electron chi connectivity index (χ4n) is 9.37. The van der Waals surface area contributed by atoms with E-state index in [1.807, 2.05) is 55.1 Å². The minimum absolute atomic E-state index is 0.127. The second-order valence-electron chi connectivity index (χ2n) is 17.9. The molecule has 6 atom stereocenters. The van der Waals surface area contributed by atoms with Gasteiger partial charge in [-0.3, -0.25) is 28.8 Å². The van der Waals surface area contributed by atoms with Crippen LogP contribution in [-0.4, -0.2) is 105 Å². The molecule has 2 aromatic carbocycles. The van der Waals surface area contributed by atoms with Crippen LogP contribution in [0.4, 0.5) is 0 Å². The summed E-state index contributed by atoms with van der Waals surface area (Å²) in [6.07, 6.45) is 7.48. The Bertz CT molecular complexity index is 2030. The smallest absolute Gasteiger partial charge is 0.245 e. The molecule has 15 nitrogen and oxygen atoms in total. The predicted molar refractivity (Wildman–Crippen MR) is 233 cm³/mol. The highest BCUT2D eigenvalue weighted by Gasteiger charge is 2.41. The van der Waals surface area contributed by atoms with Crippen LogP contribution in [0.2, 0.25) is 0 Å². The van der Waals surface area contributed by atoms with Crippen molar-refractivity contribution >= 4 is 46.5 Å². The summed E-state index contributed by atoms with van der Waals surface area (Å²) in [6, 6.07) is 11.2. The number of nitrogens with two attached hydrogens (primary N) is 1. The van der Waals surface area contributed by atoms with Crippen LogP contribution in [0.5, 0.6) is 0 Å². The highest BCUT2D eigenvalue weighted by atomic mass is 16.2. The van der Waals surface area contributed by atoms with Crippen molar-refractivity contribution in [1.82, 2.24) is 41.0 Å². The van der Waals surface area contributed by atoms with Gasteiger partial charge < -0.3 is 41.8 Å². The molecule has 6 amide bonds. The number of aromatic amines is 1. The number of H-pyrrole nitrogens is 1. The fraction of sp³-hybridized carbons (Fsp3) is 0.587. The first-order chi connectivity index (χ1) is 29.2. The molecule has 3 aromatic rings. The molecule has 2 aliphatic heterocycles. The summed E-state index contributed by atoms with van der Waals surface area (Å²) in [6.45, 7) is 9.47. The predicted octanol–water partition coefficient (Wildman–Crippen LogP) is 4.08. The molecule has 3 aliphatic rings. The van der Waals surface area contributed by atoms with Crippen molar-refractivity contribution in [2.24, 2.45) is 23.5 Å². The van der Waals surface area contributed by atoms with Crippen LogP contribution in [0.25, 0.3) is 22.2 Å². The van der Waals surface area contributed by atoms with Crippen molar-refractivity contribution in [3.63, 3.8) is 0 Å². The maximum Gasteiger partial charge on any atom is 0.245 e. The van der Waals surface area contributed by atoms with Gasteiger partial charge in [-0.05, 0) is 67.9 Å². The van der Waals surface area contributed by atoms with Gasteiger partial charge in [-0.2, -0.15) is 0 Å². The fourth-order valence-corrected chi connectivity index (χ4v) is 9.37. The second-order valence-corrected chi connectivity index (χ2v) is 17.9. The lowest BCUT2D eigenvalue weighted by molar-refractivity contribution is -0.142. The number of carbonyl (C=O) groups excluding carboxylic acids is 6. The monoisotopic (exact) mass is 840 g/mol. The van der Waals surface area contributed by atoms with Crippen molar-refractivity contribution in [3.05, 3.63) is 54.4 Å². The van der Waals surface area contributed by atoms with E-state index >= 15 is 0 Å². The zero-order chi connectivity index (χ0) is 43.8. The van der Waals surface area contributed by atoms with E-state index in [1.54, 1.807) is 13.8 Å². The molecule has 1 saturated carbocycles. The number of imidazole rings is 1. The van der Waals surface area contributed by atoms with Crippen molar-refractivity contribution in [2.75, 3.05) is 19.6 Å². The van der Waals surface area contributed by atoms with Crippen LogP contribution in [0.3, 0.4) is 0 Å². The average Bonchev–Trinajstić information content (AvgIpc) is 4.08. The number of fused-ring (bicyclic) bond motifs is 1. The number of rotatable bonds is 17. The average molecular weight is 840 g/mol. The molecular weight excluding hydrogens is 775 g/mol. The summed E-state index contributed by atoms with van der Waals surface area (Å²) in [7, 11) is 0. The van der Waals surface area contributed by atoms with E-state index in [0.29, 0.717) is 44.6 Å². The number of likely N-dealkylation sites (tertiary alicyclic amines) is 2. The maximum atomic E-state index is 14.6. The number of benzene rings is 2. The molecular formula is C46H65N9O6. The minimum Gasteiger partial charge on any atom is -0.345 e. The van der Waals surface area contributed by atoms with Crippen LogP contribution in [0.1, 0.15) is 111 Å². The zero-order valence-corrected chi connectivity index (χ0v) is 36.4. The highest BCUT2D eigenvalue weighted by molar-refractivity contribution is 5.97. The van der Waals surface area contributed by atoms with E-state index < -0.39 is 47.9 Å². The van der Waals surface area contributed by atoms with Gasteiger partial charge in [0.1, 0.15) is 36.0 Å². The first kappa shape index (κ1) is 45.2. The molecule has 3 fully saturated rings. The number of hydrogen-bond acceptors (Lipinski definition) is 8. The molecule has 1 aliphatic carbocycles. The van der Waals surface area contributed by atoms with Crippen LogP contribution < -0.4 is 27.0 Å². The Labute approximate surface area is 359 Å². The first-order valence-electron chi connectivity index (χ1n) is 22.3. The quantitative estimate of drug-likeness (QED) is 0.116. The standard InChI is InChI=1S/C46H65N9O6/c1-27(2)24-34(48-29(5)56)45(60)55-23-13-21-38(55)43(58)53-39(28(3)4)44(59)51-36(26-47)42(57)50-35(25-30-14-9-10-15-30)46(61)54-22-12-20-37(54)41-49-33-19-11-18-32(40(33)52-41)31-16-7-6-8-17-31/h6-8,11,16-19,27-28,30,34-39H,9-10,12-15,20-26,47H2,1-5H3,(H,48,56)(H,49,52)(H,50,57)(H,51,59)(H,53,58)/t34-,35-,36-,37-,38-,39-/m0/s1. The number of nitrogens with zero attached hydrogens (tertiary/aromatic N) is 3. The van der Waals surface area contributed by atoms with Crippen LogP contribution in [0, 0.1) is 17.8 Å². The van der Waals surface area contributed by atoms with E-state index in [-0.39, 0.29) is 48.1 Å². The SMILES string of the molecule is CC(=O)N[C@@H](CC(C)C)C(=O)N1CCC[C@H]1C(=O)N[C@H](C(=O)N[C@@H](CN)C(=O)N[C@@H](CC1CCCC1)C(=O)N1CCC[C@H]1c1nc2c(-c3ccccc3)cccc2[nH]1)C(C)C. The van der Waals surface area contributed by atoms with E-state index in [9.17, 15) is 28.8 Å². The van der Waals surface area contributed by atoms with Gasteiger partial charge in [-0.1, -0.05) is 95.8 Å². The van der Waals surface area contributed by atoms with Gasteiger partial charge in [0.2, 0.25) is 35.4 Å². The van der Waals surface area contributed by atoms with Gasteiger partial charge in [0.05, 0.1) is 17.1 Å². The Morgan fingerprint density at radius 3 is 2.10 bits per heavy atom. The molecule has 6 rings (SSSR count). The van der Waals surface area contributed by atoms with E-state index in [2.05, 4.69) is 38.4 Å². The van der Waals surface area contributed by atoms with Gasteiger partial charge >= 0.3 is 0 Å². The molecule has 7 N–H and O–H groups in total. The Balaban J connectivity index is 1.14. The summed E-state index contributed by atoms with van der Waals surface area (Å²) < 4.78 is 0. The van der Waals surface area contributed by atoms with Gasteiger partial charge in [0, 0.05) is 32.1 Å². The first-order valence-corrected chi connectivity index (χ1v) is 22.3. The van der Waals surface area contributed by atoms with Gasteiger partial charge in [-0.25, -0.2) is 4.98 Å². The highest BCUT2D eigenvalue weighted by Crippen LogP contribution is 2.36. The third-order valence-electron chi connectivity index (χ3n) is 12.5. The summed E-state index contributed by atoms with van der Waals surface area (Å²) in [5.74, 6) is -1.79. The lowest BCUT2D eigenvalue weighted by Gasteiger charge is -2.32. The van der Waals surface area contributed by atoms with E-state index in [1.165, 1.54) is 11.8 Å². The van der Waals surface area contributed by atoms with Crippen molar-refractivity contribution in [2.45, 2.75) is 135 Å². The normalized spacial score (nSPS) is 20.1. The molecule has 0 unspecified atom stereocenters. The minimum atomic E-state index is -1.18. The van der Waals surface area contributed by atoms with Crippen molar-refractivity contribution < 1.29 is 28.8 Å². The van der Waals surface area contributed by atoms with Gasteiger partial charge in [-0.15, -0.1) is 0 Å². The van der Waals surface area contributed by atoms with Crippen molar-refractivity contribution in [3.8, 4) is 11.1 Å².